The first-order valence-corrected chi connectivity index (χ1v) is 9.29. The van der Waals surface area contributed by atoms with Crippen LogP contribution < -0.4 is 5.32 Å². The Morgan fingerprint density at radius 2 is 1.40 bits per heavy atom. The van der Waals surface area contributed by atoms with Gasteiger partial charge in [0.25, 0.3) is 0 Å². The normalized spacial score (nSPS) is 25.5. The van der Waals surface area contributed by atoms with E-state index in [0.29, 0.717) is 5.69 Å². The predicted octanol–water partition coefficient (Wildman–Crippen LogP) is 1.18. The average molecular weight is 423 g/mol. The molecule has 5 atom stereocenters. The summed E-state index contributed by atoms with van der Waals surface area (Å²) in [4.78, 5) is 46.5. The van der Waals surface area contributed by atoms with E-state index in [9.17, 15) is 19.2 Å². The summed E-state index contributed by atoms with van der Waals surface area (Å²) >= 11 is 0. The van der Waals surface area contributed by atoms with Crippen LogP contribution in [0.15, 0.2) is 30.3 Å². The lowest BCUT2D eigenvalue weighted by Gasteiger charge is -2.44. The molecule has 1 aromatic carbocycles. The molecule has 0 aliphatic carbocycles. The molecular formula is C20H25NO9. The smallest absolute Gasteiger partial charge is 0.305 e. The zero-order valence-electron chi connectivity index (χ0n) is 17.2. The quantitative estimate of drug-likeness (QED) is 0.504. The highest BCUT2D eigenvalue weighted by molar-refractivity contribution is 5.68. The van der Waals surface area contributed by atoms with Crippen molar-refractivity contribution < 1.29 is 42.9 Å². The molecule has 0 bridgehead atoms. The SMILES string of the molecule is CC(=O)OCC1OC(OC(C)=O)C(Nc2ccccc2)C(OC(C)=O)C1OC(C)=O. The molecule has 2 rings (SSSR count). The monoisotopic (exact) mass is 423 g/mol. The molecule has 1 aliphatic rings. The van der Waals surface area contributed by atoms with Gasteiger partial charge in [-0.15, -0.1) is 0 Å². The fourth-order valence-electron chi connectivity index (χ4n) is 3.05. The summed E-state index contributed by atoms with van der Waals surface area (Å²) in [6.45, 7) is 4.48. The minimum absolute atomic E-state index is 0.305. The molecule has 10 nitrogen and oxygen atoms in total. The number of carbonyl (C=O) groups excluding carboxylic acids is 4. The summed E-state index contributed by atoms with van der Waals surface area (Å²) in [6, 6.07) is 7.95. The summed E-state index contributed by atoms with van der Waals surface area (Å²) in [5, 5.41) is 3.10. The van der Waals surface area contributed by atoms with E-state index in [1.807, 2.05) is 6.07 Å². The number of benzene rings is 1. The van der Waals surface area contributed by atoms with Crippen molar-refractivity contribution in [1.82, 2.24) is 0 Å². The number of carbonyl (C=O) groups is 4. The lowest BCUT2D eigenvalue weighted by Crippen LogP contribution is -2.64. The molecule has 0 spiro atoms. The molecule has 0 radical (unpaired) electrons. The third-order valence-electron chi connectivity index (χ3n) is 4.09. The van der Waals surface area contributed by atoms with Crippen LogP contribution in [0.1, 0.15) is 27.7 Å². The molecule has 30 heavy (non-hydrogen) atoms. The third-order valence-corrected chi connectivity index (χ3v) is 4.09. The van der Waals surface area contributed by atoms with E-state index in [-0.39, 0.29) is 6.61 Å². The number of esters is 4. The zero-order chi connectivity index (χ0) is 22.3. The van der Waals surface area contributed by atoms with Gasteiger partial charge in [-0.3, -0.25) is 19.2 Å². The Kier molecular flexibility index (Phi) is 8.16. The van der Waals surface area contributed by atoms with E-state index in [1.54, 1.807) is 24.3 Å². The van der Waals surface area contributed by atoms with Gasteiger partial charge >= 0.3 is 23.9 Å². The predicted molar refractivity (Wildman–Crippen MR) is 102 cm³/mol. The van der Waals surface area contributed by atoms with Crippen LogP contribution in [0, 0.1) is 0 Å². The number of ether oxygens (including phenoxy) is 5. The van der Waals surface area contributed by atoms with Crippen LogP contribution in [0.25, 0.3) is 0 Å². The van der Waals surface area contributed by atoms with Crippen LogP contribution in [0.4, 0.5) is 5.69 Å². The van der Waals surface area contributed by atoms with Crippen molar-refractivity contribution in [3.63, 3.8) is 0 Å². The molecule has 1 saturated heterocycles. The van der Waals surface area contributed by atoms with Gasteiger partial charge in [0, 0.05) is 33.4 Å². The molecule has 5 unspecified atom stereocenters. The van der Waals surface area contributed by atoms with Crippen molar-refractivity contribution in [2.45, 2.75) is 58.3 Å². The standard InChI is InChI=1S/C20H25NO9/c1-11(22)26-10-16-18(27-12(2)23)19(28-13(3)24)17(20(30-16)29-14(4)25)21-15-8-6-5-7-9-15/h5-9,16-21H,10H2,1-4H3. The van der Waals surface area contributed by atoms with E-state index in [0.717, 1.165) is 0 Å². The third kappa shape index (κ3) is 6.73. The Bertz CT molecular complexity index is 767. The minimum atomic E-state index is -1.22. The van der Waals surface area contributed by atoms with Gasteiger partial charge in [-0.2, -0.15) is 0 Å². The second kappa shape index (κ2) is 10.6. The van der Waals surface area contributed by atoms with Crippen LogP contribution in [0.2, 0.25) is 0 Å². The highest BCUT2D eigenvalue weighted by atomic mass is 16.7. The Morgan fingerprint density at radius 3 is 1.93 bits per heavy atom. The summed E-state index contributed by atoms with van der Waals surface area (Å²) in [7, 11) is 0. The molecular weight excluding hydrogens is 398 g/mol. The number of nitrogens with one attached hydrogen (secondary N) is 1. The summed E-state index contributed by atoms with van der Waals surface area (Å²) in [5.41, 5.74) is 0.625. The lowest BCUT2D eigenvalue weighted by atomic mass is 9.95. The number of hydrogen-bond acceptors (Lipinski definition) is 10. The van der Waals surface area contributed by atoms with E-state index in [4.69, 9.17) is 23.7 Å². The highest BCUT2D eigenvalue weighted by Crippen LogP contribution is 2.30. The molecule has 0 amide bonds. The molecule has 1 fully saturated rings. The van der Waals surface area contributed by atoms with Gasteiger partial charge in [-0.05, 0) is 12.1 Å². The van der Waals surface area contributed by atoms with Gasteiger partial charge < -0.3 is 29.0 Å². The Morgan fingerprint density at radius 1 is 0.833 bits per heavy atom. The van der Waals surface area contributed by atoms with Gasteiger partial charge in [0.1, 0.15) is 18.8 Å². The highest BCUT2D eigenvalue weighted by Gasteiger charge is 2.51. The molecule has 10 heteroatoms. The van der Waals surface area contributed by atoms with E-state index in [2.05, 4.69) is 5.32 Å². The van der Waals surface area contributed by atoms with Gasteiger partial charge in [0.2, 0.25) is 6.29 Å². The first kappa shape index (κ1) is 23.1. The first-order chi connectivity index (χ1) is 14.2. The van der Waals surface area contributed by atoms with Gasteiger partial charge in [-0.1, -0.05) is 18.2 Å². The summed E-state index contributed by atoms with van der Waals surface area (Å²) in [5.74, 6) is -2.53. The maximum Gasteiger partial charge on any atom is 0.305 e. The van der Waals surface area contributed by atoms with Gasteiger partial charge in [0.05, 0.1) is 0 Å². The molecule has 1 aromatic rings. The van der Waals surface area contributed by atoms with Crippen LogP contribution >= 0.6 is 0 Å². The van der Waals surface area contributed by atoms with Crippen molar-refractivity contribution in [2.75, 3.05) is 11.9 Å². The fraction of sp³-hybridized carbons (Fsp3) is 0.500. The number of rotatable bonds is 7. The number of hydrogen-bond donors (Lipinski definition) is 1. The molecule has 0 aromatic heterocycles. The topological polar surface area (TPSA) is 126 Å². The van der Waals surface area contributed by atoms with Crippen LogP contribution in [-0.2, 0) is 42.9 Å². The van der Waals surface area contributed by atoms with Crippen LogP contribution in [0.5, 0.6) is 0 Å². The number of para-hydroxylation sites is 1. The zero-order valence-corrected chi connectivity index (χ0v) is 17.2. The van der Waals surface area contributed by atoms with Crippen molar-refractivity contribution in [1.29, 1.82) is 0 Å². The second-order valence-electron chi connectivity index (χ2n) is 6.64. The fourth-order valence-corrected chi connectivity index (χ4v) is 3.05. The van der Waals surface area contributed by atoms with Crippen molar-refractivity contribution >= 4 is 29.6 Å². The van der Waals surface area contributed by atoms with E-state index < -0.39 is 54.5 Å². The molecule has 1 N–H and O–H groups in total. The molecule has 1 heterocycles. The second-order valence-corrected chi connectivity index (χ2v) is 6.64. The van der Waals surface area contributed by atoms with Gasteiger partial charge in [-0.25, -0.2) is 0 Å². The number of anilines is 1. The van der Waals surface area contributed by atoms with E-state index in [1.165, 1.54) is 27.7 Å². The Labute approximate surface area is 173 Å². The Hall–Kier alpha value is -3.14. The van der Waals surface area contributed by atoms with Crippen molar-refractivity contribution in [3.05, 3.63) is 30.3 Å². The lowest BCUT2D eigenvalue weighted by molar-refractivity contribution is -0.264. The van der Waals surface area contributed by atoms with Crippen molar-refractivity contribution in [2.24, 2.45) is 0 Å². The maximum atomic E-state index is 11.8. The Balaban J connectivity index is 2.43. The van der Waals surface area contributed by atoms with Crippen LogP contribution in [0.3, 0.4) is 0 Å². The minimum Gasteiger partial charge on any atom is -0.463 e. The summed E-state index contributed by atoms with van der Waals surface area (Å²) in [6.07, 6.45) is -4.50. The van der Waals surface area contributed by atoms with Crippen molar-refractivity contribution in [3.8, 4) is 0 Å². The average Bonchev–Trinajstić information content (AvgIpc) is 2.64. The first-order valence-electron chi connectivity index (χ1n) is 9.29. The van der Waals surface area contributed by atoms with Crippen LogP contribution in [-0.4, -0.2) is 61.1 Å². The molecule has 1 aliphatic heterocycles. The van der Waals surface area contributed by atoms with E-state index >= 15 is 0 Å². The maximum absolute atomic E-state index is 11.8. The van der Waals surface area contributed by atoms with Gasteiger partial charge in [0.15, 0.2) is 12.2 Å². The molecule has 164 valence electrons. The summed E-state index contributed by atoms with van der Waals surface area (Å²) < 4.78 is 26.9. The largest absolute Gasteiger partial charge is 0.463 e. The molecule has 0 saturated carbocycles.